The van der Waals surface area contributed by atoms with E-state index in [2.05, 4.69) is 19.1 Å². The van der Waals surface area contributed by atoms with Crippen molar-refractivity contribution < 1.29 is 9.53 Å². The fourth-order valence-electron chi connectivity index (χ4n) is 3.01. The van der Waals surface area contributed by atoms with Crippen LogP contribution in [-0.2, 0) is 11.2 Å². The molecule has 0 saturated heterocycles. The first-order valence-electron chi connectivity index (χ1n) is 9.25. The van der Waals surface area contributed by atoms with Crippen LogP contribution in [-0.4, -0.2) is 16.3 Å². The molecule has 1 aromatic heterocycles. The van der Waals surface area contributed by atoms with Crippen LogP contribution in [0.25, 0.3) is 10.9 Å². The summed E-state index contributed by atoms with van der Waals surface area (Å²) >= 11 is 0. The summed E-state index contributed by atoms with van der Waals surface area (Å²) in [6, 6.07) is 10.2. The van der Waals surface area contributed by atoms with Crippen LogP contribution in [0.2, 0.25) is 0 Å². The van der Waals surface area contributed by atoms with Gasteiger partial charge in [-0.1, -0.05) is 57.2 Å². The second-order valence-corrected chi connectivity index (χ2v) is 7.53. The number of benzene rings is 1. The van der Waals surface area contributed by atoms with E-state index >= 15 is 0 Å². The van der Waals surface area contributed by atoms with Crippen LogP contribution in [0.1, 0.15) is 71.9 Å². The van der Waals surface area contributed by atoms with Gasteiger partial charge in [0.1, 0.15) is 5.60 Å². The Morgan fingerprint density at radius 1 is 1.04 bits per heavy atom. The Bertz CT molecular complexity index is 664. The van der Waals surface area contributed by atoms with Gasteiger partial charge >= 0.3 is 6.09 Å². The molecule has 0 bridgehead atoms. The van der Waals surface area contributed by atoms with E-state index in [-0.39, 0.29) is 6.09 Å². The van der Waals surface area contributed by atoms with Crippen molar-refractivity contribution in [2.45, 2.75) is 78.2 Å². The predicted octanol–water partition coefficient (Wildman–Crippen LogP) is 6.33. The number of para-hydroxylation sites is 1. The van der Waals surface area contributed by atoms with E-state index < -0.39 is 5.60 Å². The Balaban J connectivity index is 2.13. The van der Waals surface area contributed by atoms with E-state index in [0.29, 0.717) is 0 Å². The molecule has 0 saturated carbocycles. The Morgan fingerprint density at radius 2 is 1.71 bits per heavy atom. The number of aromatic nitrogens is 1. The lowest BCUT2D eigenvalue weighted by Crippen LogP contribution is -2.28. The number of carbonyl (C=O) groups excluding carboxylic acids is 1. The van der Waals surface area contributed by atoms with E-state index in [1.165, 1.54) is 32.1 Å². The van der Waals surface area contributed by atoms with Gasteiger partial charge in [-0.3, -0.25) is 0 Å². The number of carbonyl (C=O) groups is 1. The second kappa shape index (κ2) is 8.36. The zero-order valence-corrected chi connectivity index (χ0v) is 15.6. The van der Waals surface area contributed by atoms with Crippen LogP contribution >= 0.6 is 0 Å². The summed E-state index contributed by atoms with van der Waals surface area (Å²) in [5.41, 5.74) is 1.51. The fraction of sp³-hybridized carbons (Fsp3) is 0.571. The first-order valence-corrected chi connectivity index (χ1v) is 9.25. The van der Waals surface area contributed by atoms with Crippen LogP contribution in [0.5, 0.6) is 0 Å². The van der Waals surface area contributed by atoms with Gasteiger partial charge in [0, 0.05) is 11.1 Å². The van der Waals surface area contributed by atoms with Crippen LogP contribution in [0.15, 0.2) is 30.3 Å². The monoisotopic (exact) mass is 329 g/mol. The van der Waals surface area contributed by atoms with Gasteiger partial charge in [0.15, 0.2) is 0 Å². The molecule has 0 aliphatic heterocycles. The highest BCUT2D eigenvalue weighted by Crippen LogP contribution is 2.23. The Morgan fingerprint density at radius 3 is 2.42 bits per heavy atom. The van der Waals surface area contributed by atoms with Crippen LogP contribution in [0.3, 0.4) is 0 Å². The zero-order chi connectivity index (χ0) is 17.6. The molecule has 1 heterocycles. The molecule has 0 fully saturated rings. The van der Waals surface area contributed by atoms with Crippen LogP contribution < -0.4 is 0 Å². The van der Waals surface area contributed by atoms with E-state index in [9.17, 15) is 4.79 Å². The SMILES string of the molecule is CCCCCCCCc1cc2ccccc2n1C(=O)OC(C)(C)C. The minimum atomic E-state index is -0.486. The lowest BCUT2D eigenvalue weighted by Gasteiger charge is -2.21. The van der Waals surface area contributed by atoms with E-state index in [4.69, 9.17) is 4.74 Å². The third kappa shape index (κ3) is 5.12. The van der Waals surface area contributed by atoms with Gasteiger partial charge in [-0.2, -0.15) is 0 Å². The molecular weight excluding hydrogens is 298 g/mol. The van der Waals surface area contributed by atoms with Crippen molar-refractivity contribution in [1.29, 1.82) is 0 Å². The Hall–Kier alpha value is -1.77. The molecule has 0 N–H and O–H groups in total. The first-order chi connectivity index (χ1) is 11.4. The Labute approximate surface area is 146 Å². The number of rotatable bonds is 7. The smallest absolute Gasteiger partial charge is 0.419 e. The average molecular weight is 329 g/mol. The summed E-state index contributed by atoms with van der Waals surface area (Å²) in [7, 11) is 0. The van der Waals surface area contributed by atoms with Crippen molar-refractivity contribution in [2.24, 2.45) is 0 Å². The largest absolute Gasteiger partial charge is 0.443 e. The van der Waals surface area contributed by atoms with Crippen molar-refractivity contribution in [3.8, 4) is 0 Å². The highest BCUT2D eigenvalue weighted by atomic mass is 16.6. The summed E-state index contributed by atoms with van der Waals surface area (Å²) in [4.78, 5) is 12.7. The van der Waals surface area contributed by atoms with Gasteiger partial charge in [0.25, 0.3) is 0 Å². The maximum absolute atomic E-state index is 12.7. The molecule has 0 atom stereocenters. The fourth-order valence-corrected chi connectivity index (χ4v) is 3.01. The second-order valence-electron chi connectivity index (χ2n) is 7.53. The maximum Gasteiger partial charge on any atom is 0.419 e. The summed E-state index contributed by atoms with van der Waals surface area (Å²) in [6.07, 6.45) is 8.15. The average Bonchev–Trinajstić information content (AvgIpc) is 2.87. The van der Waals surface area contributed by atoms with Crippen LogP contribution in [0.4, 0.5) is 4.79 Å². The van der Waals surface area contributed by atoms with Gasteiger partial charge < -0.3 is 4.74 Å². The summed E-state index contributed by atoms with van der Waals surface area (Å²) in [5, 5.41) is 1.10. The van der Waals surface area contributed by atoms with Gasteiger partial charge in [-0.15, -0.1) is 0 Å². The van der Waals surface area contributed by atoms with E-state index in [1.807, 2.05) is 39.0 Å². The molecule has 3 nitrogen and oxygen atoms in total. The Kier molecular flexibility index (Phi) is 6.47. The maximum atomic E-state index is 12.7. The minimum absolute atomic E-state index is 0.273. The molecular formula is C21H31NO2. The lowest BCUT2D eigenvalue weighted by molar-refractivity contribution is 0.0540. The molecule has 0 radical (unpaired) electrons. The third-order valence-corrected chi connectivity index (χ3v) is 4.15. The van der Waals surface area contributed by atoms with Gasteiger partial charge in [-0.05, 0) is 45.7 Å². The predicted molar refractivity (Wildman–Crippen MR) is 101 cm³/mol. The van der Waals surface area contributed by atoms with Crippen LogP contribution in [0, 0.1) is 0 Å². The number of hydrogen-bond donors (Lipinski definition) is 0. The van der Waals surface area contributed by atoms with E-state index in [0.717, 1.165) is 29.4 Å². The van der Waals surface area contributed by atoms with Crippen molar-refractivity contribution in [3.63, 3.8) is 0 Å². The molecule has 0 aliphatic carbocycles. The molecule has 0 aliphatic rings. The molecule has 0 spiro atoms. The van der Waals surface area contributed by atoms with Gasteiger partial charge in [0.2, 0.25) is 0 Å². The molecule has 0 amide bonds. The number of aryl methyl sites for hydroxylation is 1. The molecule has 2 aromatic rings. The number of unbranched alkanes of at least 4 members (excludes halogenated alkanes) is 5. The number of nitrogens with zero attached hydrogens (tertiary/aromatic N) is 1. The summed E-state index contributed by atoms with van der Waals surface area (Å²) in [6.45, 7) is 7.96. The number of ether oxygens (including phenoxy) is 1. The van der Waals surface area contributed by atoms with Crippen molar-refractivity contribution in [1.82, 2.24) is 4.57 Å². The third-order valence-electron chi connectivity index (χ3n) is 4.15. The highest BCUT2D eigenvalue weighted by molar-refractivity contribution is 5.91. The molecule has 1 aromatic carbocycles. The van der Waals surface area contributed by atoms with Crippen molar-refractivity contribution in [2.75, 3.05) is 0 Å². The summed E-state index contributed by atoms with van der Waals surface area (Å²) in [5.74, 6) is 0. The lowest BCUT2D eigenvalue weighted by atomic mass is 10.1. The minimum Gasteiger partial charge on any atom is -0.443 e. The normalized spacial score (nSPS) is 11.8. The molecule has 3 heteroatoms. The van der Waals surface area contributed by atoms with Crippen molar-refractivity contribution >= 4 is 17.0 Å². The number of fused-ring (bicyclic) bond motifs is 1. The van der Waals surface area contributed by atoms with Gasteiger partial charge in [0.05, 0.1) is 5.52 Å². The molecule has 2 rings (SSSR count). The molecule has 24 heavy (non-hydrogen) atoms. The summed E-state index contributed by atoms with van der Waals surface area (Å²) < 4.78 is 7.37. The van der Waals surface area contributed by atoms with Gasteiger partial charge in [-0.25, -0.2) is 9.36 Å². The van der Waals surface area contributed by atoms with E-state index in [1.54, 1.807) is 4.57 Å². The zero-order valence-electron chi connectivity index (χ0n) is 15.6. The molecule has 0 unspecified atom stereocenters. The standard InChI is InChI=1S/C21H31NO2/c1-5-6-7-8-9-10-14-18-16-17-13-11-12-15-19(17)22(18)20(23)24-21(2,3)4/h11-13,15-16H,5-10,14H2,1-4H3. The molecule has 132 valence electrons. The highest BCUT2D eigenvalue weighted by Gasteiger charge is 2.21. The topological polar surface area (TPSA) is 31.2 Å². The van der Waals surface area contributed by atoms with Crippen molar-refractivity contribution in [3.05, 3.63) is 36.0 Å². The quantitative estimate of drug-likeness (QED) is 0.556. The number of hydrogen-bond acceptors (Lipinski definition) is 2. The first kappa shape index (κ1) is 18.6.